The normalized spacial score (nSPS) is 14.6. The summed E-state index contributed by atoms with van der Waals surface area (Å²) in [7, 11) is 0. The first-order valence-electron chi connectivity index (χ1n) is 5.20. The van der Waals surface area contributed by atoms with Crippen molar-refractivity contribution >= 4 is 15.9 Å². The highest BCUT2D eigenvalue weighted by Crippen LogP contribution is 2.29. The molecule has 0 spiro atoms. The number of hydrogen-bond donors (Lipinski definition) is 2. The van der Waals surface area contributed by atoms with Crippen LogP contribution in [0.25, 0.3) is 0 Å². The molecule has 1 aromatic carbocycles. The standard InChI is InChI=1S/C12H17BrO3/c1-7-4-11(13)5-10(6-14)12(7)16-9(3)8(2)15/h4-5,8-9,14-15H,6H2,1-3H3. The molecule has 0 saturated heterocycles. The fraction of sp³-hybridized carbons (Fsp3) is 0.500. The van der Waals surface area contributed by atoms with Crippen molar-refractivity contribution in [2.75, 3.05) is 0 Å². The van der Waals surface area contributed by atoms with E-state index in [4.69, 9.17) is 4.74 Å². The lowest BCUT2D eigenvalue weighted by Gasteiger charge is -2.21. The van der Waals surface area contributed by atoms with Crippen LogP contribution in [0.3, 0.4) is 0 Å². The summed E-state index contributed by atoms with van der Waals surface area (Å²) in [5.74, 6) is 0.652. The maximum absolute atomic E-state index is 9.39. The van der Waals surface area contributed by atoms with E-state index < -0.39 is 6.10 Å². The van der Waals surface area contributed by atoms with Gasteiger partial charge in [-0.05, 0) is 38.5 Å². The second kappa shape index (κ2) is 5.66. The third-order valence-corrected chi connectivity index (χ3v) is 2.93. The van der Waals surface area contributed by atoms with Crippen molar-refractivity contribution in [1.29, 1.82) is 0 Å². The van der Waals surface area contributed by atoms with E-state index in [-0.39, 0.29) is 12.7 Å². The number of rotatable bonds is 4. The minimum absolute atomic E-state index is 0.0812. The van der Waals surface area contributed by atoms with Crippen LogP contribution >= 0.6 is 15.9 Å². The van der Waals surface area contributed by atoms with Crippen molar-refractivity contribution in [3.05, 3.63) is 27.7 Å². The van der Waals surface area contributed by atoms with Crippen molar-refractivity contribution in [3.63, 3.8) is 0 Å². The Labute approximate surface area is 104 Å². The highest BCUT2D eigenvalue weighted by molar-refractivity contribution is 9.10. The average Bonchev–Trinajstić information content (AvgIpc) is 2.21. The summed E-state index contributed by atoms with van der Waals surface area (Å²) in [6.45, 7) is 5.31. The van der Waals surface area contributed by atoms with Crippen LogP contribution in [0, 0.1) is 6.92 Å². The molecule has 0 bridgehead atoms. The fourth-order valence-electron chi connectivity index (χ4n) is 1.37. The summed E-state index contributed by atoms with van der Waals surface area (Å²) in [5, 5.41) is 18.7. The highest BCUT2D eigenvalue weighted by Gasteiger charge is 2.15. The number of aliphatic hydroxyl groups is 2. The molecule has 1 aromatic rings. The lowest BCUT2D eigenvalue weighted by molar-refractivity contribution is 0.0584. The monoisotopic (exact) mass is 288 g/mol. The molecule has 0 fully saturated rings. The molecule has 0 aromatic heterocycles. The first-order valence-corrected chi connectivity index (χ1v) is 5.99. The minimum atomic E-state index is -0.547. The molecular formula is C12H17BrO3. The van der Waals surface area contributed by atoms with Crippen LogP contribution in [-0.4, -0.2) is 22.4 Å². The Morgan fingerprint density at radius 1 is 1.38 bits per heavy atom. The summed E-state index contributed by atoms with van der Waals surface area (Å²) in [6.07, 6.45) is -0.847. The molecule has 16 heavy (non-hydrogen) atoms. The average molecular weight is 289 g/mol. The lowest BCUT2D eigenvalue weighted by Crippen LogP contribution is -2.26. The summed E-state index contributed by atoms with van der Waals surface area (Å²) in [5.41, 5.74) is 1.66. The second-order valence-electron chi connectivity index (χ2n) is 3.93. The van der Waals surface area contributed by atoms with Crippen molar-refractivity contribution in [2.45, 2.75) is 39.6 Å². The van der Waals surface area contributed by atoms with Crippen LogP contribution in [0.1, 0.15) is 25.0 Å². The SMILES string of the molecule is Cc1cc(Br)cc(CO)c1OC(C)C(C)O. The van der Waals surface area contributed by atoms with E-state index in [1.54, 1.807) is 13.8 Å². The second-order valence-corrected chi connectivity index (χ2v) is 4.85. The lowest BCUT2D eigenvalue weighted by atomic mass is 10.1. The third kappa shape index (κ3) is 3.20. The van der Waals surface area contributed by atoms with Crippen LogP contribution in [0.4, 0.5) is 0 Å². The first kappa shape index (κ1) is 13.5. The van der Waals surface area contributed by atoms with Gasteiger partial charge in [-0.2, -0.15) is 0 Å². The van der Waals surface area contributed by atoms with E-state index in [0.717, 1.165) is 15.6 Å². The molecule has 1 rings (SSSR count). The van der Waals surface area contributed by atoms with Gasteiger partial charge in [0.2, 0.25) is 0 Å². The topological polar surface area (TPSA) is 49.7 Å². The molecule has 0 saturated carbocycles. The predicted molar refractivity (Wildman–Crippen MR) is 66.6 cm³/mol. The van der Waals surface area contributed by atoms with E-state index in [1.807, 2.05) is 19.1 Å². The smallest absolute Gasteiger partial charge is 0.128 e. The van der Waals surface area contributed by atoms with Crippen molar-refractivity contribution in [1.82, 2.24) is 0 Å². The van der Waals surface area contributed by atoms with Gasteiger partial charge in [0.25, 0.3) is 0 Å². The van der Waals surface area contributed by atoms with Gasteiger partial charge < -0.3 is 14.9 Å². The Morgan fingerprint density at radius 2 is 2.00 bits per heavy atom. The number of halogens is 1. The van der Waals surface area contributed by atoms with E-state index in [2.05, 4.69) is 15.9 Å². The van der Waals surface area contributed by atoms with Crippen LogP contribution in [0.5, 0.6) is 5.75 Å². The molecule has 3 nitrogen and oxygen atoms in total. The van der Waals surface area contributed by atoms with E-state index in [0.29, 0.717) is 5.75 Å². The summed E-state index contributed by atoms with van der Waals surface area (Å²) in [4.78, 5) is 0. The Balaban J connectivity index is 3.02. The Hall–Kier alpha value is -0.580. The van der Waals surface area contributed by atoms with Crippen LogP contribution < -0.4 is 4.74 Å². The molecular weight excluding hydrogens is 272 g/mol. The molecule has 4 heteroatoms. The number of aliphatic hydroxyl groups excluding tert-OH is 2. The molecule has 0 aliphatic rings. The minimum Gasteiger partial charge on any atom is -0.487 e. The molecule has 2 N–H and O–H groups in total. The van der Waals surface area contributed by atoms with Gasteiger partial charge in [-0.3, -0.25) is 0 Å². The van der Waals surface area contributed by atoms with Gasteiger partial charge >= 0.3 is 0 Å². The molecule has 0 aliphatic carbocycles. The largest absolute Gasteiger partial charge is 0.487 e. The summed E-state index contributed by atoms with van der Waals surface area (Å²) < 4.78 is 6.56. The van der Waals surface area contributed by atoms with Gasteiger partial charge in [0.15, 0.2) is 0 Å². The molecule has 90 valence electrons. The Morgan fingerprint density at radius 3 is 2.50 bits per heavy atom. The van der Waals surface area contributed by atoms with Crippen LogP contribution in [-0.2, 0) is 6.61 Å². The zero-order chi connectivity index (χ0) is 12.3. The van der Waals surface area contributed by atoms with E-state index >= 15 is 0 Å². The zero-order valence-electron chi connectivity index (χ0n) is 9.70. The van der Waals surface area contributed by atoms with Crippen LogP contribution in [0.15, 0.2) is 16.6 Å². The molecule has 2 unspecified atom stereocenters. The Bertz CT molecular complexity index is 364. The Kier molecular flexibility index (Phi) is 4.77. The van der Waals surface area contributed by atoms with Gasteiger partial charge in [-0.15, -0.1) is 0 Å². The molecule has 0 aliphatic heterocycles. The van der Waals surface area contributed by atoms with E-state index in [9.17, 15) is 10.2 Å². The van der Waals surface area contributed by atoms with Crippen LogP contribution in [0.2, 0.25) is 0 Å². The number of benzene rings is 1. The molecule has 0 radical (unpaired) electrons. The van der Waals surface area contributed by atoms with Gasteiger partial charge in [0.1, 0.15) is 11.9 Å². The highest BCUT2D eigenvalue weighted by atomic mass is 79.9. The van der Waals surface area contributed by atoms with E-state index in [1.165, 1.54) is 0 Å². The molecule has 2 atom stereocenters. The summed E-state index contributed by atoms with van der Waals surface area (Å²) in [6, 6.07) is 3.74. The molecule has 0 amide bonds. The quantitative estimate of drug-likeness (QED) is 0.895. The van der Waals surface area contributed by atoms with Gasteiger partial charge in [0.05, 0.1) is 12.7 Å². The van der Waals surface area contributed by atoms with Crippen molar-refractivity contribution < 1.29 is 14.9 Å². The van der Waals surface area contributed by atoms with Gasteiger partial charge in [-0.25, -0.2) is 0 Å². The maximum Gasteiger partial charge on any atom is 0.128 e. The molecule has 0 heterocycles. The number of aryl methyl sites for hydroxylation is 1. The fourth-order valence-corrected chi connectivity index (χ4v) is 1.99. The number of ether oxygens (including phenoxy) is 1. The van der Waals surface area contributed by atoms with Gasteiger partial charge in [-0.1, -0.05) is 15.9 Å². The van der Waals surface area contributed by atoms with Gasteiger partial charge in [0, 0.05) is 10.0 Å². The zero-order valence-corrected chi connectivity index (χ0v) is 11.3. The predicted octanol–water partition coefficient (Wildman–Crippen LogP) is 2.40. The number of hydrogen-bond acceptors (Lipinski definition) is 3. The van der Waals surface area contributed by atoms with Crippen molar-refractivity contribution in [2.24, 2.45) is 0 Å². The summed E-state index contributed by atoms with van der Waals surface area (Å²) >= 11 is 3.37. The third-order valence-electron chi connectivity index (χ3n) is 2.47. The maximum atomic E-state index is 9.39. The van der Waals surface area contributed by atoms with Crippen molar-refractivity contribution in [3.8, 4) is 5.75 Å². The first-order chi connectivity index (χ1) is 7.45.